The number of hydrogen-bond donors (Lipinski definition) is 1. The van der Waals surface area contributed by atoms with Crippen molar-refractivity contribution in [2.24, 2.45) is 0 Å². The van der Waals surface area contributed by atoms with E-state index in [4.69, 9.17) is 14.6 Å². The zero-order valence-corrected chi connectivity index (χ0v) is 12.6. The summed E-state index contributed by atoms with van der Waals surface area (Å²) in [5, 5.41) is 8.95. The fraction of sp³-hybridized carbons (Fsp3) is 0.769. The molecule has 1 saturated heterocycles. The second-order valence-electron chi connectivity index (χ2n) is 4.95. The van der Waals surface area contributed by atoms with E-state index in [1.807, 2.05) is 0 Å². The summed E-state index contributed by atoms with van der Waals surface area (Å²) in [4.78, 5) is 37.7. The van der Waals surface area contributed by atoms with Gasteiger partial charge in [0.05, 0.1) is 19.8 Å². The van der Waals surface area contributed by atoms with Gasteiger partial charge in [0.15, 0.2) is 6.10 Å². The van der Waals surface area contributed by atoms with Crippen LogP contribution in [0.5, 0.6) is 0 Å². The molecule has 0 saturated carbocycles. The summed E-state index contributed by atoms with van der Waals surface area (Å²) in [6.07, 6.45) is -1.03. The molecule has 8 heteroatoms. The molecule has 1 N–H and O–H groups in total. The standard InChI is InChI=1S/C13H22N2O6/c1-4-20-11(16)8-15(9(2)3)13(19)14-5-6-21-10(7-14)12(17)18/h9-10H,4-8H2,1-3H3,(H,17,18). The van der Waals surface area contributed by atoms with Gasteiger partial charge in [-0.15, -0.1) is 0 Å². The highest BCUT2D eigenvalue weighted by atomic mass is 16.5. The van der Waals surface area contributed by atoms with Crippen LogP contribution in [0.3, 0.4) is 0 Å². The van der Waals surface area contributed by atoms with Crippen molar-refractivity contribution < 1.29 is 29.0 Å². The predicted molar refractivity (Wildman–Crippen MR) is 72.8 cm³/mol. The number of amides is 2. The number of carboxylic acid groups (broad SMARTS) is 1. The molecule has 2 amide bonds. The first-order valence-corrected chi connectivity index (χ1v) is 6.92. The second kappa shape index (κ2) is 7.82. The Balaban J connectivity index is 2.71. The number of carbonyl (C=O) groups is 3. The van der Waals surface area contributed by atoms with Gasteiger partial charge in [0.25, 0.3) is 0 Å². The van der Waals surface area contributed by atoms with E-state index in [-0.39, 0.29) is 38.4 Å². The normalized spacial score (nSPS) is 18.5. The predicted octanol–water partition coefficient (Wildman–Crippen LogP) is 0.165. The highest BCUT2D eigenvalue weighted by molar-refractivity contribution is 5.82. The van der Waals surface area contributed by atoms with Crippen LogP contribution < -0.4 is 0 Å². The number of hydrogen-bond acceptors (Lipinski definition) is 5. The maximum Gasteiger partial charge on any atom is 0.334 e. The Kier molecular flexibility index (Phi) is 6.41. The average molecular weight is 302 g/mol. The van der Waals surface area contributed by atoms with Gasteiger partial charge in [0, 0.05) is 12.6 Å². The van der Waals surface area contributed by atoms with Crippen LogP contribution in [-0.4, -0.2) is 77.9 Å². The van der Waals surface area contributed by atoms with Crippen LogP contribution in [-0.2, 0) is 19.1 Å². The van der Waals surface area contributed by atoms with Crippen LogP contribution in [0, 0.1) is 0 Å². The molecule has 1 rings (SSSR count). The number of rotatable bonds is 5. The van der Waals surface area contributed by atoms with Crippen LogP contribution in [0.2, 0.25) is 0 Å². The van der Waals surface area contributed by atoms with E-state index >= 15 is 0 Å². The third-order valence-electron chi connectivity index (χ3n) is 3.09. The molecule has 0 spiro atoms. The van der Waals surface area contributed by atoms with Gasteiger partial charge in [-0.1, -0.05) is 0 Å². The molecule has 0 aliphatic carbocycles. The Labute approximate surface area is 123 Å². The molecule has 0 aromatic rings. The largest absolute Gasteiger partial charge is 0.479 e. The van der Waals surface area contributed by atoms with Crippen molar-refractivity contribution >= 4 is 18.0 Å². The fourth-order valence-corrected chi connectivity index (χ4v) is 1.97. The fourth-order valence-electron chi connectivity index (χ4n) is 1.97. The van der Waals surface area contributed by atoms with Crippen LogP contribution in [0.4, 0.5) is 4.79 Å². The number of morpholine rings is 1. The maximum absolute atomic E-state index is 12.4. The molecule has 1 atom stereocenters. The van der Waals surface area contributed by atoms with Crippen molar-refractivity contribution in [1.29, 1.82) is 0 Å². The highest BCUT2D eigenvalue weighted by Crippen LogP contribution is 2.11. The molecule has 1 heterocycles. The second-order valence-corrected chi connectivity index (χ2v) is 4.95. The Hall–Kier alpha value is -1.83. The van der Waals surface area contributed by atoms with Crippen LogP contribution in [0.15, 0.2) is 0 Å². The van der Waals surface area contributed by atoms with Gasteiger partial charge in [-0.3, -0.25) is 4.79 Å². The van der Waals surface area contributed by atoms with Crippen LogP contribution in [0.1, 0.15) is 20.8 Å². The monoisotopic (exact) mass is 302 g/mol. The lowest BCUT2D eigenvalue weighted by Gasteiger charge is -2.36. The highest BCUT2D eigenvalue weighted by Gasteiger charge is 2.32. The van der Waals surface area contributed by atoms with E-state index in [1.54, 1.807) is 20.8 Å². The van der Waals surface area contributed by atoms with Gasteiger partial charge in [0.1, 0.15) is 6.54 Å². The lowest BCUT2D eigenvalue weighted by molar-refractivity contribution is -0.155. The minimum atomic E-state index is -1.10. The lowest BCUT2D eigenvalue weighted by Crippen LogP contribution is -2.55. The molecule has 1 unspecified atom stereocenters. The molecular formula is C13H22N2O6. The zero-order valence-electron chi connectivity index (χ0n) is 12.6. The zero-order chi connectivity index (χ0) is 16.0. The molecule has 21 heavy (non-hydrogen) atoms. The summed E-state index contributed by atoms with van der Waals surface area (Å²) < 4.78 is 9.93. The third kappa shape index (κ3) is 4.89. The Morgan fingerprint density at radius 3 is 2.62 bits per heavy atom. The maximum atomic E-state index is 12.4. The number of aliphatic carboxylic acids is 1. The summed E-state index contributed by atoms with van der Waals surface area (Å²) in [7, 11) is 0. The quantitative estimate of drug-likeness (QED) is 0.727. The first-order valence-electron chi connectivity index (χ1n) is 6.92. The minimum absolute atomic E-state index is 0.0276. The van der Waals surface area contributed by atoms with E-state index in [0.29, 0.717) is 6.54 Å². The summed E-state index contributed by atoms with van der Waals surface area (Å²) in [5.41, 5.74) is 0. The molecule has 0 radical (unpaired) electrons. The van der Waals surface area contributed by atoms with Crippen molar-refractivity contribution in [3.63, 3.8) is 0 Å². The average Bonchev–Trinajstić information content (AvgIpc) is 2.44. The van der Waals surface area contributed by atoms with Crippen molar-refractivity contribution in [2.45, 2.75) is 32.9 Å². The van der Waals surface area contributed by atoms with Gasteiger partial charge in [-0.2, -0.15) is 0 Å². The van der Waals surface area contributed by atoms with Crippen LogP contribution >= 0.6 is 0 Å². The summed E-state index contributed by atoms with van der Waals surface area (Å²) in [5.74, 6) is -1.59. The van der Waals surface area contributed by atoms with Gasteiger partial charge in [-0.25, -0.2) is 9.59 Å². The molecule has 0 aromatic carbocycles. The number of esters is 1. The summed E-state index contributed by atoms with van der Waals surface area (Å²) in [6, 6.07) is -0.583. The Morgan fingerprint density at radius 1 is 1.43 bits per heavy atom. The Morgan fingerprint density at radius 2 is 2.10 bits per heavy atom. The van der Waals surface area contributed by atoms with Gasteiger partial charge < -0.3 is 24.4 Å². The van der Waals surface area contributed by atoms with E-state index in [9.17, 15) is 14.4 Å². The molecule has 0 bridgehead atoms. The molecule has 1 aliphatic rings. The number of nitrogens with zero attached hydrogens (tertiary/aromatic N) is 2. The van der Waals surface area contributed by atoms with Crippen molar-refractivity contribution in [2.75, 3.05) is 32.8 Å². The van der Waals surface area contributed by atoms with E-state index < -0.39 is 18.0 Å². The van der Waals surface area contributed by atoms with E-state index in [1.165, 1.54) is 9.80 Å². The molecular weight excluding hydrogens is 280 g/mol. The smallest absolute Gasteiger partial charge is 0.334 e. The van der Waals surface area contributed by atoms with Gasteiger partial charge >= 0.3 is 18.0 Å². The number of urea groups is 1. The van der Waals surface area contributed by atoms with Crippen LogP contribution in [0.25, 0.3) is 0 Å². The topological polar surface area (TPSA) is 96.4 Å². The first-order chi connectivity index (χ1) is 9.86. The van der Waals surface area contributed by atoms with Crippen molar-refractivity contribution in [1.82, 2.24) is 9.80 Å². The number of carboxylic acids is 1. The summed E-state index contributed by atoms with van der Waals surface area (Å²) >= 11 is 0. The van der Waals surface area contributed by atoms with E-state index in [2.05, 4.69) is 0 Å². The molecule has 120 valence electrons. The SMILES string of the molecule is CCOC(=O)CN(C(=O)N1CCOC(C(=O)O)C1)C(C)C. The number of carbonyl (C=O) groups excluding carboxylic acids is 2. The first kappa shape index (κ1) is 17.2. The van der Waals surface area contributed by atoms with Gasteiger partial charge in [-0.05, 0) is 20.8 Å². The van der Waals surface area contributed by atoms with Gasteiger partial charge in [0.2, 0.25) is 0 Å². The molecule has 1 fully saturated rings. The molecule has 8 nitrogen and oxygen atoms in total. The third-order valence-corrected chi connectivity index (χ3v) is 3.09. The number of ether oxygens (including phenoxy) is 2. The van der Waals surface area contributed by atoms with Crippen molar-refractivity contribution in [3.8, 4) is 0 Å². The summed E-state index contributed by atoms with van der Waals surface area (Å²) in [6.45, 7) is 5.79. The van der Waals surface area contributed by atoms with E-state index in [0.717, 1.165) is 0 Å². The molecule has 1 aliphatic heterocycles. The molecule has 0 aromatic heterocycles. The lowest BCUT2D eigenvalue weighted by atomic mass is 10.2. The minimum Gasteiger partial charge on any atom is -0.479 e. The van der Waals surface area contributed by atoms with Crippen molar-refractivity contribution in [3.05, 3.63) is 0 Å². The Bertz CT molecular complexity index is 398.